The average molecular weight is 566 g/mol. The van der Waals surface area contributed by atoms with Crippen molar-refractivity contribution in [2.75, 3.05) is 6.54 Å². The molecule has 4 heterocycles. The summed E-state index contributed by atoms with van der Waals surface area (Å²) in [6.07, 6.45) is 3.07. The van der Waals surface area contributed by atoms with Gasteiger partial charge in [0.25, 0.3) is 11.8 Å². The van der Waals surface area contributed by atoms with Crippen molar-refractivity contribution in [3.05, 3.63) is 110 Å². The van der Waals surface area contributed by atoms with Crippen LogP contribution in [0.5, 0.6) is 5.75 Å². The van der Waals surface area contributed by atoms with E-state index >= 15 is 0 Å². The Hall–Kier alpha value is -4.38. The van der Waals surface area contributed by atoms with Gasteiger partial charge >= 0.3 is 0 Å². The first-order valence-electron chi connectivity index (χ1n) is 13.2. The summed E-state index contributed by atoms with van der Waals surface area (Å²) in [6.45, 7) is 1.33. The van der Waals surface area contributed by atoms with Crippen molar-refractivity contribution in [3.63, 3.8) is 0 Å². The van der Waals surface area contributed by atoms with Gasteiger partial charge in [0.05, 0.1) is 17.3 Å². The smallest absolute Gasteiger partial charge is 0.275 e. The minimum atomic E-state index is -1.28. The number of carbonyl (C=O) groups excluding carboxylic acids is 2. The third kappa shape index (κ3) is 4.31. The van der Waals surface area contributed by atoms with E-state index in [0.29, 0.717) is 24.1 Å². The van der Waals surface area contributed by atoms with Crippen LogP contribution in [0.15, 0.2) is 59.4 Å². The number of hydrogen-bond acceptors (Lipinski definition) is 5. The number of ether oxygens (including phenoxy) is 1. The third-order valence-corrected chi connectivity index (χ3v) is 8.05. The van der Waals surface area contributed by atoms with Gasteiger partial charge in [0, 0.05) is 43.2 Å². The third-order valence-electron chi connectivity index (χ3n) is 8.05. The standard InChI is InChI=1S/C30H26F3N3O5/c1-16-6-5-9-30-12-22(37)24-23(28(39)34-13-19-20(32)10-18(31)11-21(19)33)26(38)27(41-14-17-7-3-2-4-8-17)25(36(24)30)29(40)35(16)15-30/h2-8,10-11,16,22,37H,9,12-15H2,1H3,(H,34,39)/t16-,22-,30+/m0/s1. The summed E-state index contributed by atoms with van der Waals surface area (Å²) in [5.41, 5.74) is -2.24. The van der Waals surface area contributed by atoms with E-state index in [1.807, 2.05) is 25.1 Å². The lowest BCUT2D eigenvalue weighted by Crippen LogP contribution is -2.55. The highest BCUT2D eigenvalue weighted by Crippen LogP contribution is 2.49. The monoisotopic (exact) mass is 565 g/mol. The first-order chi connectivity index (χ1) is 19.6. The highest BCUT2D eigenvalue weighted by atomic mass is 19.1. The molecule has 2 bridgehead atoms. The highest BCUT2D eigenvalue weighted by molar-refractivity contribution is 6.01. The fraction of sp³-hybridized carbons (Fsp3) is 0.300. The van der Waals surface area contributed by atoms with E-state index < -0.39 is 64.0 Å². The molecule has 0 saturated heterocycles. The zero-order chi connectivity index (χ0) is 29.1. The van der Waals surface area contributed by atoms with Gasteiger partial charge < -0.3 is 24.6 Å². The molecule has 212 valence electrons. The van der Waals surface area contributed by atoms with Crippen molar-refractivity contribution in [1.82, 2.24) is 14.8 Å². The van der Waals surface area contributed by atoms with Crippen molar-refractivity contribution >= 4 is 11.8 Å². The van der Waals surface area contributed by atoms with Gasteiger partial charge in [-0.3, -0.25) is 14.4 Å². The van der Waals surface area contributed by atoms with Gasteiger partial charge in [-0.1, -0.05) is 42.5 Å². The molecule has 2 aromatic carbocycles. The van der Waals surface area contributed by atoms with Crippen LogP contribution in [-0.4, -0.2) is 39.0 Å². The second-order valence-corrected chi connectivity index (χ2v) is 10.7. The molecule has 3 aliphatic heterocycles. The lowest BCUT2D eigenvalue weighted by Gasteiger charge is -2.43. The van der Waals surface area contributed by atoms with Gasteiger partial charge in [-0.25, -0.2) is 13.2 Å². The fourth-order valence-electron chi connectivity index (χ4n) is 6.12. The van der Waals surface area contributed by atoms with E-state index in [1.54, 1.807) is 33.7 Å². The summed E-state index contributed by atoms with van der Waals surface area (Å²) >= 11 is 0. The van der Waals surface area contributed by atoms with E-state index in [0.717, 1.165) is 0 Å². The number of hydrogen-bond donors (Lipinski definition) is 2. The quantitative estimate of drug-likeness (QED) is 0.444. The summed E-state index contributed by atoms with van der Waals surface area (Å²) in [5.74, 6) is -5.36. The molecule has 3 aliphatic rings. The van der Waals surface area contributed by atoms with Crippen LogP contribution in [0.4, 0.5) is 13.2 Å². The first kappa shape index (κ1) is 26.8. The minimum absolute atomic E-state index is 0.0496. The number of rotatable bonds is 6. The Balaban J connectivity index is 1.49. The molecule has 1 aromatic heterocycles. The van der Waals surface area contributed by atoms with E-state index in [1.165, 1.54) is 0 Å². The molecule has 0 fully saturated rings. The first-order valence-corrected chi connectivity index (χ1v) is 13.2. The SMILES string of the molecule is C[C@H]1C=CC[C@]23C[C@H](O)c4c(C(=O)NCc5c(F)cc(F)cc5F)c(=O)c(OCc5ccccc5)c(n42)C(=O)N1C3. The van der Waals surface area contributed by atoms with Crippen LogP contribution >= 0.6 is 0 Å². The number of fused-ring (bicyclic) bond motifs is 1. The molecule has 0 radical (unpaired) electrons. The number of halogens is 3. The van der Waals surface area contributed by atoms with Crippen LogP contribution in [0.3, 0.4) is 0 Å². The molecule has 0 unspecified atom stereocenters. The zero-order valence-corrected chi connectivity index (χ0v) is 22.0. The van der Waals surface area contributed by atoms with Crippen LogP contribution in [0.25, 0.3) is 0 Å². The Labute approximate surface area is 232 Å². The molecule has 6 rings (SSSR count). The topological polar surface area (TPSA) is 101 Å². The number of carbonyl (C=O) groups is 2. The van der Waals surface area contributed by atoms with E-state index in [4.69, 9.17) is 4.74 Å². The molecule has 11 heteroatoms. The number of aliphatic hydroxyl groups excluding tert-OH is 1. The summed E-state index contributed by atoms with van der Waals surface area (Å²) in [4.78, 5) is 43.0. The predicted molar refractivity (Wildman–Crippen MR) is 141 cm³/mol. The zero-order valence-electron chi connectivity index (χ0n) is 22.0. The van der Waals surface area contributed by atoms with E-state index in [-0.39, 0.29) is 42.8 Å². The molecule has 41 heavy (non-hydrogen) atoms. The molecular formula is C30H26F3N3O5. The van der Waals surface area contributed by atoms with Gasteiger partial charge in [0.15, 0.2) is 11.4 Å². The number of benzene rings is 2. The number of aromatic nitrogens is 1. The maximum atomic E-state index is 14.3. The Morgan fingerprint density at radius 3 is 2.56 bits per heavy atom. The van der Waals surface area contributed by atoms with Crippen LogP contribution in [0.1, 0.15) is 63.5 Å². The Morgan fingerprint density at radius 2 is 1.85 bits per heavy atom. The number of nitrogens with one attached hydrogen (secondary N) is 1. The van der Waals surface area contributed by atoms with Crippen LogP contribution in [0, 0.1) is 17.5 Å². The van der Waals surface area contributed by atoms with Gasteiger partial charge in [-0.2, -0.15) is 0 Å². The summed E-state index contributed by atoms with van der Waals surface area (Å²) in [6, 6.07) is 9.63. The van der Waals surface area contributed by atoms with Gasteiger partial charge in [-0.05, 0) is 18.9 Å². The van der Waals surface area contributed by atoms with Gasteiger partial charge in [0.2, 0.25) is 5.43 Å². The molecule has 8 nitrogen and oxygen atoms in total. The number of pyridine rings is 1. The molecule has 0 aliphatic carbocycles. The van der Waals surface area contributed by atoms with Gasteiger partial charge in [-0.15, -0.1) is 0 Å². The predicted octanol–water partition coefficient (Wildman–Crippen LogP) is 3.71. The molecule has 3 atom stereocenters. The van der Waals surface area contributed by atoms with Gasteiger partial charge in [0.1, 0.15) is 29.6 Å². The fourth-order valence-corrected chi connectivity index (χ4v) is 6.12. The van der Waals surface area contributed by atoms with Crippen molar-refractivity contribution in [1.29, 1.82) is 0 Å². The lowest BCUT2D eigenvalue weighted by atomic mass is 9.89. The summed E-state index contributed by atoms with van der Waals surface area (Å²) < 4.78 is 49.4. The molecule has 3 aromatic rings. The van der Waals surface area contributed by atoms with Crippen molar-refractivity contribution in [3.8, 4) is 5.75 Å². The maximum Gasteiger partial charge on any atom is 0.275 e. The average Bonchev–Trinajstić information content (AvgIpc) is 3.11. The largest absolute Gasteiger partial charge is 0.483 e. The number of allylic oxidation sites excluding steroid dienone is 1. The lowest BCUT2D eigenvalue weighted by molar-refractivity contribution is 0.0485. The Kier molecular flexibility index (Phi) is 6.49. The van der Waals surface area contributed by atoms with Crippen LogP contribution < -0.4 is 15.5 Å². The van der Waals surface area contributed by atoms with Crippen LogP contribution in [0.2, 0.25) is 0 Å². The Bertz CT molecular complexity index is 1650. The normalized spacial score (nSPS) is 22.4. The molecule has 1 spiro atoms. The van der Waals surface area contributed by atoms with E-state index in [2.05, 4.69) is 5.32 Å². The van der Waals surface area contributed by atoms with Crippen molar-refractivity contribution in [2.24, 2.45) is 0 Å². The second kappa shape index (κ2) is 9.91. The van der Waals surface area contributed by atoms with E-state index in [9.17, 15) is 32.7 Å². The van der Waals surface area contributed by atoms with Crippen LogP contribution in [-0.2, 0) is 18.7 Å². The number of aliphatic hydroxyl groups is 1. The molecule has 0 saturated carbocycles. The highest BCUT2D eigenvalue weighted by Gasteiger charge is 2.54. The second-order valence-electron chi connectivity index (χ2n) is 10.7. The number of nitrogens with zero attached hydrogens (tertiary/aromatic N) is 2. The molecule has 2 amide bonds. The van der Waals surface area contributed by atoms with Crippen molar-refractivity contribution in [2.45, 2.75) is 50.6 Å². The van der Waals surface area contributed by atoms with Crippen molar-refractivity contribution < 1.29 is 32.6 Å². The Morgan fingerprint density at radius 1 is 1.15 bits per heavy atom. The maximum absolute atomic E-state index is 14.3. The number of amides is 2. The molecule has 2 N–H and O–H groups in total. The summed E-state index contributed by atoms with van der Waals surface area (Å²) in [5, 5.41) is 13.6. The molecular weight excluding hydrogens is 539 g/mol. The minimum Gasteiger partial charge on any atom is -0.483 e. The summed E-state index contributed by atoms with van der Waals surface area (Å²) in [7, 11) is 0.